The minimum atomic E-state index is -0.501. The van der Waals surface area contributed by atoms with Gasteiger partial charge in [-0.15, -0.1) is 0 Å². The quantitative estimate of drug-likeness (QED) is 0.567. The van der Waals surface area contributed by atoms with E-state index in [0.717, 1.165) is 30.6 Å². The lowest BCUT2D eigenvalue weighted by Crippen LogP contribution is -2.40. The highest BCUT2D eigenvalue weighted by molar-refractivity contribution is 6.04. The molecular weight excluding hydrogens is 424 g/mol. The number of rotatable bonds is 9. The lowest BCUT2D eigenvalue weighted by atomic mass is 9.94. The minimum Gasteiger partial charge on any atom is -0.493 e. The topological polar surface area (TPSA) is 91.4 Å². The number of urea groups is 1. The number of nitrogens with one attached hydrogen (secondary N) is 1. The first-order chi connectivity index (χ1) is 16.0. The number of hydrogen-bond acceptors (Lipinski definition) is 6. The molecule has 0 saturated carbocycles. The largest absolute Gasteiger partial charge is 0.493 e. The van der Waals surface area contributed by atoms with E-state index in [-0.39, 0.29) is 24.4 Å². The Hall–Kier alpha value is -2.81. The van der Waals surface area contributed by atoms with Crippen molar-refractivity contribution in [2.75, 3.05) is 40.4 Å². The molecule has 0 bridgehead atoms. The Morgan fingerprint density at radius 3 is 2.58 bits per heavy atom. The Labute approximate surface area is 195 Å². The van der Waals surface area contributed by atoms with Crippen molar-refractivity contribution in [1.29, 1.82) is 0 Å². The van der Waals surface area contributed by atoms with Gasteiger partial charge in [0, 0.05) is 38.5 Å². The van der Waals surface area contributed by atoms with Crippen LogP contribution in [0.2, 0.25) is 0 Å². The van der Waals surface area contributed by atoms with E-state index in [1.165, 1.54) is 11.3 Å². The van der Waals surface area contributed by atoms with Crippen LogP contribution in [0.5, 0.6) is 11.5 Å². The van der Waals surface area contributed by atoms with Gasteiger partial charge in [0.2, 0.25) is 5.91 Å². The predicted molar refractivity (Wildman–Crippen MR) is 122 cm³/mol. The van der Waals surface area contributed by atoms with Crippen LogP contribution in [0.1, 0.15) is 43.7 Å². The Bertz CT molecular complexity index is 869. The van der Waals surface area contributed by atoms with Gasteiger partial charge in [0.15, 0.2) is 11.5 Å². The summed E-state index contributed by atoms with van der Waals surface area (Å²) < 4.78 is 10.8. The molecule has 0 radical (unpaired) electrons. The predicted octanol–water partition coefficient (Wildman–Crippen LogP) is 1.77. The summed E-state index contributed by atoms with van der Waals surface area (Å²) in [6.45, 7) is 5.51. The van der Waals surface area contributed by atoms with Gasteiger partial charge in [-0.05, 0) is 55.6 Å². The molecule has 2 atom stereocenters. The van der Waals surface area contributed by atoms with Crippen LogP contribution in [-0.2, 0) is 22.6 Å². The summed E-state index contributed by atoms with van der Waals surface area (Å²) in [5.74, 6) is 1.01. The van der Waals surface area contributed by atoms with Crippen LogP contribution in [0.3, 0.4) is 0 Å². The second kappa shape index (κ2) is 9.99. The molecular formula is C24H34N4O5. The smallest absolute Gasteiger partial charge is 0.327 e. The highest BCUT2D eigenvalue weighted by atomic mass is 16.5. The molecule has 2 fully saturated rings. The fourth-order valence-corrected chi connectivity index (χ4v) is 5.23. The number of methoxy groups -OCH3 is 2. The fraction of sp³-hybridized carbons (Fsp3) is 0.625. The van der Waals surface area contributed by atoms with E-state index in [9.17, 15) is 14.4 Å². The maximum Gasteiger partial charge on any atom is 0.327 e. The summed E-state index contributed by atoms with van der Waals surface area (Å²) in [6, 6.07) is 3.39. The standard InChI is InChI=1S/C24H34N4O5/c1-4-26-9-5-7-18(26)14-25-22(29)8-6-10-27-23(30)19-11-16-12-20(32-2)21(33-3)13-17(16)15-28(19)24(27)31/h12-13,18-19H,4-11,14-15H2,1-3H3,(H,25,29)/t18-,19-/m0/s1. The van der Waals surface area contributed by atoms with Gasteiger partial charge in [-0.1, -0.05) is 6.92 Å². The summed E-state index contributed by atoms with van der Waals surface area (Å²) in [4.78, 5) is 43.5. The van der Waals surface area contributed by atoms with Gasteiger partial charge in [-0.3, -0.25) is 19.4 Å². The van der Waals surface area contributed by atoms with Crippen molar-refractivity contribution >= 4 is 17.8 Å². The van der Waals surface area contributed by atoms with Gasteiger partial charge in [-0.25, -0.2) is 4.79 Å². The van der Waals surface area contributed by atoms with E-state index in [2.05, 4.69) is 17.1 Å². The second-order valence-electron chi connectivity index (χ2n) is 8.93. The molecule has 2 saturated heterocycles. The van der Waals surface area contributed by atoms with Gasteiger partial charge in [0.05, 0.1) is 14.2 Å². The van der Waals surface area contributed by atoms with E-state index in [4.69, 9.17) is 9.47 Å². The molecule has 0 unspecified atom stereocenters. The number of hydrogen-bond donors (Lipinski definition) is 1. The van der Waals surface area contributed by atoms with Crippen molar-refractivity contribution in [1.82, 2.24) is 20.0 Å². The summed E-state index contributed by atoms with van der Waals surface area (Å²) >= 11 is 0. The van der Waals surface area contributed by atoms with Crippen LogP contribution >= 0.6 is 0 Å². The van der Waals surface area contributed by atoms with Crippen molar-refractivity contribution in [2.24, 2.45) is 0 Å². The lowest BCUT2D eigenvalue weighted by molar-refractivity contribution is -0.129. The maximum absolute atomic E-state index is 13.0. The highest BCUT2D eigenvalue weighted by Crippen LogP contribution is 2.37. The molecule has 9 nitrogen and oxygen atoms in total. The first kappa shape index (κ1) is 23.4. The van der Waals surface area contributed by atoms with E-state index < -0.39 is 6.04 Å². The number of amides is 4. The zero-order valence-corrected chi connectivity index (χ0v) is 19.8. The third kappa shape index (κ3) is 4.64. The number of carbonyl (C=O) groups excluding carboxylic acids is 3. The zero-order chi connectivity index (χ0) is 23.5. The second-order valence-corrected chi connectivity index (χ2v) is 8.93. The van der Waals surface area contributed by atoms with Gasteiger partial charge in [0.25, 0.3) is 5.91 Å². The Kier molecular flexibility index (Phi) is 7.07. The molecule has 4 amide bonds. The first-order valence-electron chi connectivity index (χ1n) is 11.8. The molecule has 4 rings (SSSR count). The van der Waals surface area contributed by atoms with Crippen molar-refractivity contribution in [3.8, 4) is 11.5 Å². The van der Waals surface area contributed by atoms with Gasteiger partial charge < -0.3 is 19.7 Å². The van der Waals surface area contributed by atoms with Gasteiger partial charge >= 0.3 is 6.03 Å². The normalized spacial score (nSPS) is 22.4. The van der Waals surface area contributed by atoms with Gasteiger partial charge in [-0.2, -0.15) is 0 Å². The van der Waals surface area contributed by atoms with Crippen molar-refractivity contribution in [3.05, 3.63) is 23.3 Å². The number of imide groups is 1. The summed E-state index contributed by atoms with van der Waals surface area (Å²) in [5, 5.41) is 3.02. The van der Waals surface area contributed by atoms with Crippen molar-refractivity contribution in [2.45, 2.75) is 57.7 Å². The average Bonchev–Trinajstić information content (AvgIpc) is 3.38. The molecule has 3 heterocycles. The molecule has 0 spiro atoms. The Morgan fingerprint density at radius 2 is 1.88 bits per heavy atom. The molecule has 3 aliphatic rings. The molecule has 0 aromatic heterocycles. The number of likely N-dealkylation sites (N-methyl/N-ethyl adjacent to an activating group) is 1. The third-order valence-electron chi connectivity index (χ3n) is 7.09. The highest BCUT2D eigenvalue weighted by Gasteiger charge is 2.47. The van der Waals surface area contributed by atoms with Crippen LogP contribution in [0.4, 0.5) is 4.79 Å². The minimum absolute atomic E-state index is 0.0265. The number of ether oxygens (including phenoxy) is 2. The maximum atomic E-state index is 13.0. The average molecular weight is 459 g/mol. The number of carbonyl (C=O) groups is 3. The molecule has 33 heavy (non-hydrogen) atoms. The van der Waals surface area contributed by atoms with Crippen LogP contribution in [0.15, 0.2) is 12.1 Å². The molecule has 0 aliphatic carbocycles. The Balaban J connectivity index is 1.30. The van der Waals surface area contributed by atoms with Crippen LogP contribution in [0.25, 0.3) is 0 Å². The van der Waals surface area contributed by atoms with E-state index in [1.54, 1.807) is 19.1 Å². The molecule has 1 aromatic rings. The van der Waals surface area contributed by atoms with E-state index in [1.807, 2.05) is 12.1 Å². The van der Waals surface area contributed by atoms with E-state index >= 15 is 0 Å². The number of benzene rings is 1. The number of nitrogens with zero attached hydrogens (tertiary/aromatic N) is 3. The molecule has 1 N–H and O–H groups in total. The summed E-state index contributed by atoms with van der Waals surface area (Å²) in [7, 11) is 3.15. The fourth-order valence-electron chi connectivity index (χ4n) is 5.23. The third-order valence-corrected chi connectivity index (χ3v) is 7.09. The van der Waals surface area contributed by atoms with Gasteiger partial charge in [0.1, 0.15) is 6.04 Å². The zero-order valence-electron chi connectivity index (χ0n) is 19.8. The van der Waals surface area contributed by atoms with Crippen LogP contribution in [-0.4, -0.2) is 85.0 Å². The van der Waals surface area contributed by atoms with Crippen molar-refractivity contribution in [3.63, 3.8) is 0 Å². The molecule has 3 aliphatic heterocycles. The lowest BCUT2D eigenvalue weighted by Gasteiger charge is -2.29. The van der Waals surface area contributed by atoms with Crippen LogP contribution in [0, 0.1) is 0 Å². The molecule has 180 valence electrons. The molecule has 9 heteroatoms. The monoisotopic (exact) mass is 458 g/mol. The Morgan fingerprint density at radius 1 is 1.15 bits per heavy atom. The summed E-state index contributed by atoms with van der Waals surface area (Å²) in [6.07, 6.45) is 3.50. The summed E-state index contributed by atoms with van der Waals surface area (Å²) in [5.41, 5.74) is 1.95. The first-order valence-corrected chi connectivity index (χ1v) is 11.8. The van der Waals surface area contributed by atoms with Crippen molar-refractivity contribution < 1.29 is 23.9 Å². The molecule has 1 aromatic carbocycles. The number of fused-ring (bicyclic) bond motifs is 2. The van der Waals surface area contributed by atoms with Crippen LogP contribution < -0.4 is 14.8 Å². The van der Waals surface area contributed by atoms with E-state index in [0.29, 0.717) is 49.9 Å². The SMILES string of the molecule is CCN1CCC[C@H]1CNC(=O)CCCN1C(=O)[C@@H]2Cc3cc(OC)c(OC)cc3CN2C1=O. The number of likely N-dealkylation sites (tertiary alicyclic amines) is 1.